The van der Waals surface area contributed by atoms with Gasteiger partial charge in [0.25, 0.3) is 5.56 Å². The lowest BCUT2D eigenvalue weighted by atomic mass is 10.1. The lowest BCUT2D eigenvalue weighted by molar-refractivity contribution is 0.267. The van der Waals surface area contributed by atoms with Crippen LogP contribution in [-0.4, -0.2) is 19.1 Å². The summed E-state index contributed by atoms with van der Waals surface area (Å²) in [6, 6.07) is 13.4. The van der Waals surface area contributed by atoms with Gasteiger partial charge in [0.15, 0.2) is 12.2 Å². The Labute approximate surface area is 199 Å². The number of hydrogen-bond donors (Lipinski definition) is 1. The summed E-state index contributed by atoms with van der Waals surface area (Å²) in [6.07, 6.45) is 1.48. The zero-order valence-electron chi connectivity index (χ0n) is 19.5. The van der Waals surface area contributed by atoms with E-state index >= 15 is 0 Å². The van der Waals surface area contributed by atoms with Crippen molar-refractivity contribution in [2.24, 2.45) is 0 Å². The zero-order valence-corrected chi connectivity index (χ0v) is 19.5. The highest BCUT2D eigenvalue weighted by atomic mass is 19.1. The third-order valence-electron chi connectivity index (χ3n) is 5.82. The van der Waals surface area contributed by atoms with Crippen LogP contribution < -0.4 is 16.0 Å². The normalized spacial score (nSPS) is 11.5. The van der Waals surface area contributed by atoms with Crippen LogP contribution in [0.25, 0.3) is 33.4 Å². The molecule has 0 amide bonds. The molecule has 0 radical (unpaired) electrons. The van der Waals surface area contributed by atoms with Gasteiger partial charge < -0.3 is 14.1 Å². The van der Waals surface area contributed by atoms with Crippen LogP contribution in [-0.2, 0) is 19.7 Å². The van der Waals surface area contributed by atoms with Crippen LogP contribution in [0.4, 0.5) is 4.39 Å². The Bertz CT molecular complexity index is 1630. The van der Waals surface area contributed by atoms with E-state index in [-0.39, 0.29) is 23.7 Å². The summed E-state index contributed by atoms with van der Waals surface area (Å²) in [7, 11) is 0. The van der Waals surface area contributed by atoms with E-state index in [1.165, 1.54) is 22.8 Å². The third kappa shape index (κ3) is 4.25. The largest absolute Gasteiger partial charge is 0.484 e. The average Bonchev–Trinajstić information content (AvgIpc) is 3.48. The van der Waals surface area contributed by atoms with E-state index in [0.29, 0.717) is 53.3 Å². The molecule has 0 spiro atoms. The van der Waals surface area contributed by atoms with Crippen molar-refractivity contribution in [3.8, 4) is 17.0 Å². The molecule has 180 valence electrons. The van der Waals surface area contributed by atoms with Crippen molar-refractivity contribution in [1.82, 2.24) is 19.1 Å². The monoisotopic (exact) mass is 476 g/mol. The first kappa shape index (κ1) is 22.6. The maximum Gasteiger partial charge on any atom is 0.331 e. The number of aromatic nitrogens is 4. The SMILES string of the molecule is CCCn1c(=O)c2[nH]c(-c3ccc(OCc4nc5cc(F)ccc5o4)cc3)cc2n(CCC)c1=O. The van der Waals surface area contributed by atoms with Gasteiger partial charge in [0.2, 0.25) is 5.89 Å². The van der Waals surface area contributed by atoms with Crippen LogP contribution in [0, 0.1) is 5.82 Å². The van der Waals surface area contributed by atoms with E-state index in [1.807, 2.05) is 32.0 Å². The highest BCUT2D eigenvalue weighted by Gasteiger charge is 2.16. The summed E-state index contributed by atoms with van der Waals surface area (Å²) in [5.41, 5.74) is 2.99. The van der Waals surface area contributed by atoms with Gasteiger partial charge in [0.05, 0.1) is 5.52 Å². The van der Waals surface area contributed by atoms with Crippen LogP contribution in [0.3, 0.4) is 0 Å². The molecule has 0 unspecified atom stereocenters. The first-order chi connectivity index (χ1) is 17.0. The zero-order chi connectivity index (χ0) is 24.5. The Kier molecular flexibility index (Phi) is 5.98. The first-order valence-electron chi connectivity index (χ1n) is 11.6. The van der Waals surface area contributed by atoms with Crippen LogP contribution in [0.2, 0.25) is 0 Å². The second-order valence-corrected chi connectivity index (χ2v) is 8.37. The molecule has 2 aromatic carbocycles. The maximum atomic E-state index is 13.3. The van der Waals surface area contributed by atoms with Gasteiger partial charge in [-0.05, 0) is 60.9 Å². The molecule has 8 nitrogen and oxygen atoms in total. The number of aromatic amines is 1. The number of oxazole rings is 1. The molecule has 1 N–H and O–H groups in total. The smallest absolute Gasteiger partial charge is 0.331 e. The molecular weight excluding hydrogens is 451 g/mol. The molecular formula is C26H25FN4O4. The summed E-state index contributed by atoms with van der Waals surface area (Å²) in [5.74, 6) is 0.579. The molecule has 5 aromatic rings. The fourth-order valence-corrected chi connectivity index (χ4v) is 4.19. The minimum atomic E-state index is -0.373. The molecule has 3 heterocycles. The van der Waals surface area contributed by atoms with Crippen molar-refractivity contribution in [2.75, 3.05) is 0 Å². The van der Waals surface area contributed by atoms with Gasteiger partial charge in [-0.1, -0.05) is 13.8 Å². The summed E-state index contributed by atoms with van der Waals surface area (Å²) >= 11 is 0. The van der Waals surface area contributed by atoms with Crippen molar-refractivity contribution in [1.29, 1.82) is 0 Å². The molecule has 0 saturated heterocycles. The van der Waals surface area contributed by atoms with E-state index in [9.17, 15) is 14.0 Å². The molecule has 0 fully saturated rings. The number of ether oxygens (including phenoxy) is 1. The van der Waals surface area contributed by atoms with Gasteiger partial charge in [-0.3, -0.25) is 13.9 Å². The molecule has 0 aliphatic heterocycles. The number of nitrogens with one attached hydrogen (secondary N) is 1. The fourth-order valence-electron chi connectivity index (χ4n) is 4.19. The molecule has 0 atom stereocenters. The number of rotatable bonds is 8. The van der Waals surface area contributed by atoms with Gasteiger partial charge >= 0.3 is 5.69 Å². The predicted molar refractivity (Wildman–Crippen MR) is 131 cm³/mol. The van der Waals surface area contributed by atoms with Crippen molar-refractivity contribution in [3.63, 3.8) is 0 Å². The molecule has 0 aliphatic carbocycles. The number of hydrogen-bond acceptors (Lipinski definition) is 5. The Hall–Kier alpha value is -4.14. The van der Waals surface area contributed by atoms with Crippen LogP contribution in [0.5, 0.6) is 5.75 Å². The summed E-state index contributed by atoms with van der Waals surface area (Å²) < 4.78 is 27.7. The minimum absolute atomic E-state index is 0.0995. The molecule has 0 saturated carbocycles. The number of halogens is 1. The molecule has 3 aromatic heterocycles. The second-order valence-electron chi connectivity index (χ2n) is 8.37. The van der Waals surface area contributed by atoms with E-state index in [4.69, 9.17) is 9.15 Å². The number of nitrogens with zero attached hydrogens (tertiary/aromatic N) is 3. The maximum absolute atomic E-state index is 13.3. The van der Waals surface area contributed by atoms with Gasteiger partial charge in [-0.15, -0.1) is 0 Å². The minimum Gasteiger partial charge on any atom is -0.484 e. The number of benzene rings is 2. The quantitative estimate of drug-likeness (QED) is 0.346. The van der Waals surface area contributed by atoms with Crippen molar-refractivity contribution < 1.29 is 13.5 Å². The van der Waals surface area contributed by atoms with Gasteiger partial charge in [0.1, 0.15) is 22.6 Å². The Morgan fingerprint density at radius 1 is 1.00 bits per heavy atom. The molecule has 5 rings (SSSR count). The van der Waals surface area contributed by atoms with Gasteiger partial charge in [0, 0.05) is 24.8 Å². The van der Waals surface area contributed by atoms with E-state index in [1.54, 1.807) is 16.7 Å². The predicted octanol–water partition coefficient (Wildman–Crippen LogP) is 4.84. The van der Waals surface area contributed by atoms with Crippen LogP contribution in [0.1, 0.15) is 32.6 Å². The average molecular weight is 477 g/mol. The van der Waals surface area contributed by atoms with Crippen LogP contribution >= 0.6 is 0 Å². The standard InChI is InChI=1S/C26H25FN4O4/c1-3-11-30-21-14-19(29-24(21)25(32)31(12-4-2)26(30)33)16-5-8-18(9-6-16)34-15-23-28-20-13-17(27)7-10-22(20)35-23/h5-10,13-14,29H,3-4,11-12,15H2,1-2H3. The Morgan fingerprint density at radius 3 is 2.49 bits per heavy atom. The second kappa shape index (κ2) is 9.25. The lowest BCUT2D eigenvalue weighted by Crippen LogP contribution is -2.39. The number of fused-ring (bicyclic) bond motifs is 2. The van der Waals surface area contributed by atoms with E-state index < -0.39 is 0 Å². The Balaban J connectivity index is 1.41. The number of aryl methyl sites for hydroxylation is 1. The first-order valence-corrected chi connectivity index (χ1v) is 11.6. The molecule has 0 bridgehead atoms. The van der Waals surface area contributed by atoms with Crippen molar-refractivity contribution >= 4 is 22.1 Å². The van der Waals surface area contributed by atoms with Gasteiger partial charge in [-0.25, -0.2) is 14.2 Å². The molecule has 0 aliphatic rings. The highest BCUT2D eigenvalue weighted by Crippen LogP contribution is 2.25. The number of H-pyrrole nitrogens is 1. The van der Waals surface area contributed by atoms with E-state index in [2.05, 4.69) is 9.97 Å². The third-order valence-corrected chi connectivity index (χ3v) is 5.82. The van der Waals surface area contributed by atoms with Crippen molar-refractivity contribution in [2.45, 2.75) is 46.4 Å². The fraction of sp³-hybridized carbons (Fsp3) is 0.269. The summed E-state index contributed by atoms with van der Waals surface area (Å²) in [5, 5.41) is 0. The lowest BCUT2D eigenvalue weighted by Gasteiger charge is -2.10. The van der Waals surface area contributed by atoms with E-state index in [0.717, 1.165) is 17.7 Å². The van der Waals surface area contributed by atoms with Crippen molar-refractivity contribution in [3.05, 3.63) is 81.1 Å². The topological polar surface area (TPSA) is 95.0 Å². The summed E-state index contributed by atoms with van der Waals surface area (Å²) in [6.45, 7) is 4.95. The Morgan fingerprint density at radius 2 is 1.74 bits per heavy atom. The van der Waals surface area contributed by atoms with Crippen LogP contribution in [0.15, 0.2) is 62.5 Å². The highest BCUT2D eigenvalue weighted by molar-refractivity contribution is 5.82. The molecule has 9 heteroatoms. The molecule has 35 heavy (non-hydrogen) atoms. The van der Waals surface area contributed by atoms with Gasteiger partial charge in [-0.2, -0.15) is 0 Å². The summed E-state index contributed by atoms with van der Waals surface area (Å²) in [4.78, 5) is 33.3.